The van der Waals surface area contributed by atoms with E-state index in [-0.39, 0.29) is 0 Å². The van der Waals surface area contributed by atoms with Gasteiger partial charge in [0.15, 0.2) is 24.0 Å². The van der Waals surface area contributed by atoms with E-state index in [2.05, 4.69) is 44.8 Å². The SMILES string of the molecule is CN(C)C1CCN(Cc2cc3nc(-c4c[nH]c5cc[nH+]cc45)nc(N4CCOCC4)c3s2)CC1. The molecule has 2 fully saturated rings. The Kier molecular flexibility index (Phi) is 5.94. The van der Waals surface area contributed by atoms with E-state index in [1.807, 2.05) is 36.0 Å². The zero-order chi connectivity index (χ0) is 23.1. The third-order valence-corrected chi connectivity index (χ3v) is 8.25. The van der Waals surface area contributed by atoms with Crippen LogP contribution in [-0.4, -0.2) is 84.3 Å². The van der Waals surface area contributed by atoms with Gasteiger partial charge in [-0.3, -0.25) is 4.90 Å². The summed E-state index contributed by atoms with van der Waals surface area (Å²) in [4.78, 5) is 25.4. The van der Waals surface area contributed by atoms with Gasteiger partial charge in [0.25, 0.3) is 0 Å². The second-order valence-electron chi connectivity index (χ2n) is 9.54. The van der Waals surface area contributed by atoms with E-state index in [0.717, 1.165) is 79.6 Å². The molecule has 0 saturated carbocycles. The van der Waals surface area contributed by atoms with Crippen molar-refractivity contribution in [3.8, 4) is 11.4 Å². The van der Waals surface area contributed by atoms with Crippen LogP contribution in [0, 0.1) is 0 Å². The molecule has 9 heteroatoms. The second-order valence-corrected chi connectivity index (χ2v) is 10.7. The molecule has 8 nitrogen and oxygen atoms in total. The number of thiophene rings is 1. The number of hydrogen-bond donors (Lipinski definition) is 1. The maximum absolute atomic E-state index is 5.62. The van der Waals surface area contributed by atoms with Gasteiger partial charge in [-0.1, -0.05) is 0 Å². The molecule has 2 saturated heterocycles. The molecule has 2 aliphatic heterocycles. The van der Waals surface area contributed by atoms with E-state index in [1.165, 1.54) is 22.4 Å². The number of nitrogens with zero attached hydrogens (tertiary/aromatic N) is 5. The van der Waals surface area contributed by atoms with Crippen LogP contribution in [0.3, 0.4) is 0 Å². The Hall–Kier alpha value is -2.59. The van der Waals surface area contributed by atoms with Crippen molar-refractivity contribution in [3.05, 3.63) is 35.6 Å². The van der Waals surface area contributed by atoms with Crippen LogP contribution < -0.4 is 9.88 Å². The minimum atomic E-state index is 0.702. The highest BCUT2D eigenvalue weighted by Crippen LogP contribution is 2.36. The number of piperidine rings is 1. The molecule has 2 aliphatic rings. The fourth-order valence-corrected chi connectivity index (χ4v) is 6.31. The monoisotopic (exact) mass is 478 g/mol. The summed E-state index contributed by atoms with van der Waals surface area (Å²) in [5.41, 5.74) is 3.16. The van der Waals surface area contributed by atoms with Crippen molar-refractivity contribution in [3.63, 3.8) is 0 Å². The van der Waals surface area contributed by atoms with Gasteiger partial charge in [-0.15, -0.1) is 11.3 Å². The molecule has 0 spiro atoms. The first-order valence-electron chi connectivity index (χ1n) is 12.2. The molecule has 4 aromatic rings. The smallest absolute Gasteiger partial charge is 0.177 e. The lowest BCUT2D eigenvalue weighted by atomic mass is 10.0. The number of aromatic nitrogens is 4. The molecule has 2 N–H and O–H groups in total. The van der Waals surface area contributed by atoms with Gasteiger partial charge in [0.05, 0.1) is 39.9 Å². The molecule has 6 rings (SSSR count). The van der Waals surface area contributed by atoms with Gasteiger partial charge in [0.2, 0.25) is 0 Å². The van der Waals surface area contributed by atoms with Crippen molar-refractivity contribution < 1.29 is 9.72 Å². The Morgan fingerprint density at radius 1 is 1.18 bits per heavy atom. The largest absolute Gasteiger partial charge is 0.378 e. The molecule has 0 unspecified atom stereocenters. The summed E-state index contributed by atoms with van der Waals surface area (Å²) in [7, 11) is 4.39. The Balaban J connectivity index is 1.36. The minimum Gasteiger partial charge on any atom is -0.378 e. The van der Waals surface area contributed by atoms with Crippen molar-refractivity contribution in [1.82, 2.24) is 24.8 Å². The highest BCUT2D eigenvalue weighted by Gasteiger charge is 2.24. The van der Waals surface area contributed by atoms with Crippen LogP contribution in [0.4, 0.5) is 5.82 Å². The number of hydrogen-bond acceptors (Lipinski definition) is 7. The lowest BCUT2D eigenvalue weighted by molar-refractivity contribution is -0.375. The van der Waals surface area contributed by atoms with Gasteiger partial charge in [-0.05, 0) is 33.0 Å². The van der Waals surface area contributed by atoms with Crippen LogP contribution in [-0.2, 0) is 11.3 Å². The fourth-order valence-electron chi connectivity index (χ4n) is 5.16. The molecule has 0 amide bonds. The highest BCUT2D eigenvalue weighted by molar-refractivity contribution is 7.19. The first-order chi connectivity index (χ1) is 16.7. The molecule has 0 aromatic carbocycles. The quantitative estimate of drug-likeness (QED) is 0.475. The average molecular weight is 479 g/mol. The first-order valence-corrected chi connectivity index (χ1v) is 13.0. The lowest BCUT2D eigenvalue weighted by Crippen LogP contribution is -2.41. The number of morpholine rings is 1. The Morgan fingerprint density at radius 2 is 2.00 bits per heavy atom. The number of aromatic amines is 2. The fraction of sp³-hybridized carbons (Fsp3) is 0.480. The first kappa shape index (κ1) is 21.9. The van der Waals surface area contributed by atoms with Crippen LogP contribution in [0.2, 0.25) is 0 Å². The van der Waals surface area contributed by atoms with E-state index in [1.54, 1.807) is 0 Å². The molecule has 4 aromatic heterocycles. The summed E-state index contributed by atoms with van der Waals surface area (Å²) in [6, 6.07) is 5.03. The molecule has 0 bridgehead atoms. The predicted molar refractivity (Wildman–Crippen MR) is 136 cm³/mol. The summed E-state index contributed by atoms with van der Waals surface area (Å²) in [5.74, 6) is 1.82. The summed E-state index contributed by atoms with van der Waals surface area (Å²) >= 11 is 1.85. The zero-order valence-electron chi connectivity index (χ0n) is 19.9. The van der Waals surface area contributed by atoms with Crippen molar-refractivity contribution in [2.45, 2.75) is 25.4 Å². The van der Waals surface area contributed by atoms with Crippen LogP contribution >= 0.6 is 11.3 Å². The van der Waals surface area contributed by atoms with Gasteiger partial charge >= 0.3 is 0 Å². The number of nitrogens with one attached hydrogen (secondary N) is 2. The molecule has 178 valence electrons. The van der Waals surface area contributed by atoms with Crippen molar-refractivity contribution >= 4 is 38.3 Å². The van der Waals surface area contributed by atoms with Gasteiger partial charge in [-0.25, -0.2) is 15.0 Å². The summed E-state index contributed by atoms with van der Waals surface area (Å²) in [5, 5.41) is 1.11. The van der Waals surface area contributed by atoms with Crippen molar-refractivity contribution in [1.29, 1.82) is 0 Å². The minimum absolute atomic E-state index is 0.702. The van der Waals surface area contributed by atoms with E-state index in [4.69, 9.17) is 14.7 Å². The van der Waals surface area contributed by atoms with Gasteiger partial charge in [0, 0.05) is 55.9 Å². The number of ether oxygens (including phenoxy) is 1. The number of pyridine rings is 1. The number of anilines is 1. The van der Waals surface area contributed by atoms with E-state index in [9.17, 15) is 0 Å². The number of fused-ring (bicyclic) bond motifs is 2. The number of H-pyrrole nitrogens is 2. The Morgan fingerprint density at radius 3 is 2.79 bits per heavy atom. The summed E-state index contributed by atoms with van der Waals surface area (Å²) < 4.78 is 6.81. The maximum Gasteiger partial charge on any atom is 0.177 e. The van der Waals surface area contributed by atoms with Crippen LogP contribution in [0.25, 0.3) is 32.5 Å². The summed E-state index contributed by atoms with van der Waals surface area (Å²) in [6.45, 7) is 6.48. The topological polar surface area (TPSA) is 74.7 Å². The number of rotatable bonds is 5. The zero-order valence-corrected chi connectivity index (χ0v) is 20.7. The van der Waals surface area contributed by atoms with E-state index < -0.39 is 0 Å². The molecule has 0 radical (unpaired) electrons. The third-order valence-electron chi connectivity index (χ3n) is 7.15. The molecular weight excluding hydrogens is 446 g/mol. The normalized spacial score (nSPS) is 18.5. The van der Waals surface area contributed by atoms with E-state index >= 15 is 0 Å². The standard InChI is InChI=1S/C25H31N7OS/c1-30(2)17-4-7-31(8-5-17)16-18-13-22-23(34-18)25(32-9-11-33-12-10-32)29-24(28-22)20-15-27-21-3-6-26-14-19(20)21/h3,6,13-15,17,27H,4-5,7-12,16H2,1-2H3/p+1. The highest BCUT2D eigenvalue weighted by atomic mass is 32.1. The van der Waals surface area contributed by atoms with Crippen molar-refractivity contribution in [2.75, 3.05) is 58.4 Å². The lowest BCUT2D eigenvalue weighted by Gasteiger charge is -2.34. The van der Waals surface area contributed by atoms with Gasteiger partial charge in [0.1, 0.15) is 0 Å². The average Bonchev–Trinajstić information content (AvgIpc) is 3.48. The molecule has 0 atom stereocenters. The number of likely N-dealkylation sites (tertiary alicyclic amines) is 1. The van der Waals surface area contributed by atoms with Gasteiger partial charge in [-0.2, -0.15) is 0 Å². The Bertz CT molecular complexity index is 1290. The van der Waals surface area contributed by atoms with Crippen LogP contribution in [0.1, 0.15) is 17.7 Å². The molecule has 0 aliphatic carbocycles. The predicted octanol–water partition coefficient (Wildman–Crippen LogP) is 3.02. The van der Waals surface area contributed by atoms with Gasteiger partial charge < -0.3 is 19.5 Å². The maximum atomic E-state index is 5.62. The summed E-state index contributed by atoms with van der Waals surface area (Å²) in [6.07, 6.45) is 8.43. The van der Waals surface area contributed by atoms with Crippen LogP contribution in [0.5, 0.6) is 0 Å². The van der Waals surface area contributed by atoms with Crippen LogP contribution in [0.15, 0.2) is 30.7 Å². The molecular formula is C25H32N7OS+. The molecule has 34 heavy (non-hydrogen) atoms. The second kappa shape index (κ2) is 9.22. The third kappa shape index (κ3) is 4.17. The Labute approximate surface area is 203 Å². The van der Waals surface area contributed by atoms with Crippen molar-refractivity contribution in [2.24, 2.45) is 0 Å². The molecule has 6 heterocycles. The van der Waals surface area contributed by atoms with E-state index in [0.29, 0.717) is 6.04 Å².